The van der Waals surface area contributed by atoms with Gasteiger partial charge in [-0.3, -0.25) is 0 Å². The van der Waals surface area contributed by atoms with Crippen LogP contribution in [0.4, 0.5) is 4.39 Å². The molecule has 0 unspecified atom stereocenters. The van der Waals surface area contributed by atoms with Gasteiger partial charge in [0.15, 0.2) is 0 Å². The summed E-state index contributed by atoms with van der Waals surface area (Å²) in [4.78, 5) is 4.40. The van der Waals surface area contributed by atoms with Crippen LogP contribution in [0.3, 0.4) is 0 Å². The van der Waals surface area contributed by atoms with E-state index in [-0.39, 0.29) is 10.8 Å². The first kappa shape index (κ1) is 16.5. The van der Waals surface area contributed by atoms with E-state index in [9.17, 15) is 12.8 Å². The second kappa shape index (κ2) is 6.50. The van der Waals surface area contributed by atoms with E-state index in [4.69, 9.17) is 23.2 Å². The van der Waals surface area contributed by atoms with E-state index in [2.05, 4.69) is 4.98 Å². The van der Waals surface area contributed by atoms with Crippen LogP contribution in [0, 0.1) is 5.82 Å². The van der Waals surface area contributed by atoms with Crippen molar-refractivity contribution in [3.05, 3.63) is 28.8 Å². The Balaban J connectivity index is 2.38. The van der Waals surface area contributed by atoms with Crippen molar-refractivity contribution >= 4 is 44.1 Å². The molecule has 0 saturated heterocycles. The summed E-state index contributed by atoms with van der Waals surface area (Å²) in [5.74, 6) is 0.635. The molecule has 0 aliphatic carbocycles. The number of hydrogen-bond acceptors (Lipinski definition) is 3. The molecule has 8 heteroatoms. The second-order valence-corrected chi connectivity index (χ2v) is 7.90. The van der Waals surface area contributed by atoms with Crippen LogP contribution < -0.4 is 0 Å². The van der Waals surface area contributed by atoms with Crippen molar-refractivity contribution < 1.29 is 12.8 Å². The molecule has 116 valence electrons. The van der Waals surface area contributed by atoms with E-state index in [0.29, 0.717) is 42.1 Å². The number of imidazole rings is 1. The zero-order chi connectivity index (χ0) is 15.6. The van der Waals surface area contributed by atoms with Crippen LogP contribution in [0.2, 0.25) is 5.02 Å². The number of hydrogen-bond donors (Lipinski definition) is 0. The van der Waals surface area contributed by atoms with Crippen molar-refractivity contribution in [2.24, 2.45) is 0 Å². The number of aromatic nitrogens is 2. The molecule has 0 radical (unpaired) electrons. The maximum atomic E-state index is 13.6. The third-order valence-electron chi connectivity index (χ3n) is 3.08. The van der Waals surface area contributed by atoms with Gasteiger partial charge in [-0.15, -0.1) is 11.6 Å². The molecule has 1 heterocycles. The monoisotopic (exact) mass is 352 g/mol. The summed E-state index contributed by atoms with van der Waals surface area (Å²) in [6, 6.07) is 2.79. The Morgan fingerprint density at radius 1 is 1.38 bits per heavy atom. The van der Waals surface area contributed by atoms with Crippen LogP contribution in [0.15, 0.2) is 12.1 Å². The maximum absolute atomic E-state index is 13.6. The normalized spacial score (nSPS) is 12.2. The van der Waals surface area contributed by atoms with E-state index in [1.807, 2.05) is 4.57 Å². The largest absolute Gasteiger partial charge is 0.328 e. The van der Waals surface area contributed by atoms with Crippen LogP contribution in [0.5, 0.6) is 0 Å². The number of fused-ring (bicyclic) bond motifs is 1. The zero-order valence-corrected chi connectivity index (χ0v) is 13.8. The van der Waals surface area contributed by atoms with Crippen molar-refractivity contribution in [2.45, 2.75) is 19.4 Å². The lowest BCUT2D eigenvalue weighted by molar-refractivity contribution is 0.590. The Morgan fingerprint density at radius 2 is 2.10 bits per heavy atom. The summed E-state index contributed by atoms with van der Waals surface area (Å²) < 4.78 is 37.9. The average Bonchev–Trinajstić information content (AvgIpc) is 2.67. The molecule has 0 saturated carbocycles. The van der Waals surface area contributed by atoms with Crippen molar-refractivity contribution in [3.63, 3.8) is 0 Å². The highest BCUT2D eigenvalue weighted by Crippen LogP contribution is 2.24. The highest BCUT2D eigenvalue weighted by molar-refractivity contribution is 7.90. The second-order valence-electron chi connectivity index (χ2n) is 4.86. The van der Waals surface area contributed by atoms with E-state index in [1.54, 1.807) is 0 Å². The lowest BCUT2D eigenvalue weighted by Crippen LogP contribution is -2.10. The number of halogens is 3. The Hall–Kier alpha value is -0.850. The lowest BCUT2D eigenvalue weighted by atomic mass is 10.3. The standard InChI is InChI=1S/C13H15Cl2FN2O2S/c1-21(19,20)6-2-5-18-12-8-10(16)9(15)7-11(12)17-13(18)3-4-14/h7-8H,2-6H2,1H3. The number of rotatable bonds is 6. The molecule has 0 atom stereocenters. The van der Waals surface area contributed by atoms with Gasteiger partial charge in [0.25, 0.3) is 0 Å². The van der Waals surface area contributed by atoms with Crippen molar-refractivity contribution in [2.75, 3.05) is 17.9 Å². The third-order valence-corrected chi connectivity index (χ3v) is 4.59. The molecule has 0 amide bonds. The summed E-state index contributed by atoms with van der Waals surface area (Å²) in [6.07, 6.45) is 2.15. The quantitative estimate of drug-likeness (QED) is 0.750. The van der Waals surface area contributed by atoms with E-state index >= 15 is 0 Å². The first-order valence-corrected chi connectivity index (χ1v) is 9.37. The summed E-state index contributed by atoms with van der Waals surface area (Å²) in [6.45, 7) is 0.441. The smallest absolute Gasteiger partial charge is 0.147 e. The fraction of sp³-hybridized carbons (Fsp3) is 0.462. The molecule has 0 aliphatic heterocycles. The number of sulfone groups is 1. The third kappa shape index (κ3) is 4.08. The van der Waals surface area contributed by atoms with Gasteiger partial charge in [-0.2, -0.15) is 0 Å². The van der Waals surface area contributed by atoms with Gasteiger partial charge in [0.05, 0.1) is 21.8 Å². The molecule has 0 aliphatic rings. The minimum Gasteiger partial charge on any atom is -0.328 e. The highest BCUT2D eigenvalue weighted by Gasteiger charge is 2.14. The van der Waals surface area contributed by atoms with Crippen LogP contribution in [-0.4, -0.2) is 35.9 Å². The summed E-state index contributed by atoms with van der Waals surface area (Å²) in [7, 11) is -3.03. The SMILES string of the molecule is CS(=O)(=O)CCCn1c(CCCl)nc2cc(Cl)c(F)cc21. The predicted octanol–water partition coefficient (Wildman–Crippen LogP) is 3.04. The van der Waals surface area contributed by atoms with Gasteiger partial charge in [0.2, 0.25) is 0 Å². The van der Waals surface area contributed by atoms with Crippen LogP contribution >= 0.6 is 23.2 Å². The summed E-state index contributed by atoms with van der Waals surface area (Å²) >= 11 is 11.5. The van der Waals surface area contributed by atoms with Gasteiger partial charge in [-0.25, -0.2) is 17.8 Å². The van der Waals surface area contributed by atoms with E-state index < -0.39 is 15.7 Å². The molecule has 4 nitrogen and oxygen atoms in total. The molecule has 21 heavy (non-hydrogen) atoms. The number of alkyl halides is 1. The van der Waals surface area contributed by atoms with E-state index in [1.165, 1.54) is 18.4 Å². The molecule has 1 aromatic carbocycles. The van der Waals surface area contributed by atoms with Crippen LogP contribution in [-0.2, 0) is 22.8 Å². The molecule has 0 bridgehead atoms. The molecular formula is C13H15Cl2FN2O2S. The molecule has 0 spiro atoms. The molecule has 1 aromatic heterocycles. The van der Waals surface area contributed by atoms with Gasteiger partial charge < -0.3 is 4.57 Å². The van der Waals surface area contributed by atoms with Crippen molar-refractivity contribution in [1.29, 1.82) is 0 Å². The highest BCUT2D eigenvalue weighted by atomic mass is 35.5. The van der Waals surface area contributed by atoms with Gasteiger partial charge in [0, 0.05) is 31.2 Å². The first-order chi connectivity index (χ1) is 9.81. The Morgan fingerprint density at radius 3 is 2.71 bits per heavy atom. The number of benzene rings is 1. The van der Waals surface area contributed by atoms with Gasteiger partial charge in [-0.1, -0.05) is 11.6 Å². The van der Waals surface area contributed by atoms with E-state index in [0.717, 1.165) is 0 Å². The number of nitrogens with zero attached hydrogens (tertiary/aromatic N) is 2. The fourth-order valence-corrected chi connectivity index (χ4v) is 3.16. The van der Waals surface area contributed by atoms with Gasteiger partial charge in [0.1, 0.15) is 21.5 Å². The molecule has 2 aromatic rings. The fourth-order valence-electron chi connectivity index (χ4n) is 2.18. The predicted molar refractivity (Wildman–Crippen MR) is 83.5 cm³/mol. The molecular weight excluding hydrogens is 338 g/mol. The summed E-state index contributed by atoms with van der Waals surface area (Å²) in [5, 5.41) is 0.0145. The molecule has 0 N–H and O–H groups in total. The topological polar surface area (TPSA) is 52.0 Å². The molecule has 0 fully saturated rings. The van der Waals surface area contributed by atoms with Gasteiger partial charge >= 0.3 is 0 Å². The Bertz CT molecular complexity index is 759. The minimum atomic E-state index is -3.03. The minimum absolute atomic E-state index is 0.0145. The lowest BCUT2D eigenvalue weighted by Gasteiger charge is -2.08. The van der Waals surface area contributed by atoms with Crippen LogP contribution in [0.1, 0.15) is 12.2 Å². The van der Waals surface area contributed by atoms with Crippen molar-refractivity contribution in [3.8, 4) is 0 Å². The van der Waals surface area contributed by atoms with Crippen molar-refractivity contribution in [1.82, 2.24) is 9.55 Å². The number of aryl methyl sites for hydroxylation is 2. The first-order valence-electron chi connectivity index (χ1n) is 6.39. The maximum Gasteiger partial charge on any atom is 0.147 e. The van der Waals surface area contributed by atoms with Gasteiger partial charge in [-0.05, 0) is 12.5 Å². The Kier molecular flexibility index (Phi) is 5.11. The average molecular weight is 353 g/mol. The molecule has 2 rings (SSSR count). The van der Waals surface area contributed by atoms with Crippen LogP contribution in [0.25, 0.3) is 11.0 Å². The zero-order valence-electron chi connectivity index (χ0n) is 11.4. The summed E-state index contributed by atoms with van der Waals surface area (Å²) in [5.41, 5.74) is 1.19. The Labute approximate surface area is 132 Å².